The van der Waals surface area contributed by atoms with Crippen LogP contribution in [0, 0.1) is 10.1 Å². The maximum Gasteiger partial charge on any atom is 0.278 e. The van der Waals surface area contributed by atoms with E-state index in [4.69, 9.17) is 5.10 Å². The number of nitro benzene ring substituents is 1. The molecule has 0 bridgehead atoms. The second kappa shape index (κ2) is 8.84. The summed E-state index contributed by atoms with van der Waals surface area (Å²) < 4.78 is 1.91. The molecule has 33 heavy (non-hydrogen) atoms. The van der Waals surface area contributed by atoms with Gasteiger partial charge in [0.1, 0.15) is 0 Å². The van der Waals surface area contributed by atoms with E-state index in [-0.39, 0.29) is 10.6 Å². The molecule has 0 saturated carbocycles. The maximum absolute atomic E-state index is 11.3. The summed E-state index contributed by atoms with van der Waals surface area (Å²) in [6.45, 7) is 0.653. The van der Waals surface area contributed by atoms with Crippen LogP contribution in [0.3, 0.4) is 0 Å². The Hall–Kier alpha value is -4.65. The Morgan fingerprint density at radius 1 is 0.939 bits per heavy atom. The molecule has 5 aromatic rings. The molecule has 0 amide bonds. The molecule has 0 N–H and O–H groups in total. The van der Waals surface area contributed by atoms with Gasteiger partial charge in [0.05, 0.1) is 33.8 Å². The van der Waals surface area contributed by atoms with Crippen molar-refractivity contribution in [2.45, 2.75) is 6.54 Å². The van der Waals surface area contributed by atoms with Crippen LogP contribution >= 0.6 is 0 Å². The predicted octanol–water partition coefficient (Wildman–Crippen LogP) is 5.62. The fourth-order valence-corrected chi connectivity index (χ4v) is 3.73. The van der Waals surface area contributed by atoms with Gasteiger partial charge in [0.15, 0.2) is 0 Å². The molecule has 0 fully saturated rings. The summed E-state index contributed by atoms with van der Waals surface area (Å²) in [5.41, 5.74) is 5.21. The van der Waals surface area contributed by atoms with Crippen LogP contribution in [0.2, 0.25) is 0 Å². The zero-order chi connectivity index (χ0) is 22.6. The molecule has 0 aliphatic rings. The standard InChI is InChI=1S/C26H19N5O2/c32-31(33)26-10-4-9-24-22(26)13-11-21(28-24)12-14-25-23(20-8-5-15-27-16-20)18-30(29-25)17-19-6-2-1-3-7-19/h1-16,18H,17H2. The van der Waals surface area contributed by atoms with Crippen LogP contribution < -0.4 is 0 Å². The second-order valence-corrected chi connectivity index (χ2v) is 7.52. The summed E-state index contributed by atoms with van der Waals surface area (Å²) in [7, 11) is 0. The van der Waals surface area contributed by atoms with Crippen molar-refractivity contribution < 1.29 is 4.92 Å². The van der Waals surface area contributed by atoms with Crippen LogP contribution in [-0.2, 0) is 6.54 Å². The van der Waals surface area contributed by atoms with Gasteiger partial charge in [-0.1, -0.05) is 42.5 Å². The molecule has 0 spiro atoms. The summed E-state index contributed by atoms with van der Waals surface area (Å²) >= 11 is 0. The Morgan fingerprint density at radius 2 is 1.82 bits per heavy atom. The molecule has 7 heteroatoms. The first-order valence-corrected chi connectivity index (χ1v) is 10.4. The third kappa shape index (κ3) is 4.38. The minimum atomic E-state index is -0.390. The lowest BCUT2D eigenvalue weighted by atomic mass is 10.1. The van der Waals surface area contributed by atoms with Gasteiger partial charge in [0.25, 0.3) is 5.69 Å². The van der Waals surface area contributed by atoms with Crippen LogP contribution in [0.1, 0.15) is 17.0 Å². The van der Waals surface area contributed by atoms with Crippen molar-refractivity contribution in [1.29, 1.82) is 0 Å². The van der Waals surface area contributed by atoms with Crippen molar-refractivity contribution in [3.63, 3.8) is 0 Å². The molecule has 7 nitrogen and oxygen atoms in total. The molecule has 2 aromatic carbocycles. The highest BCUT2D eigenvalue weighted by molar-refractivity contribution is 5.89. The highest BCUT2D eigenvalue weighted by Gasteiger charge is 2.12. The molecule has 0 radical (unpaired) electrons. The highest BCUT2D eigenvalue weighted by Crippen LogP contribution is 2.26. The Morgan fingerprint density at radius 3 is 2.61 bits per heavy atom. The van der Waals surface area contributed by atoms with Crippen molar-refractivity contribution in [1.82, 2.24) is 19.7 Å². The fourth-order valence-electron chi connectivity index (χ4n) is 3.73. The summed E-state index contributed by atoms with van der Waals surface area (Å²) in [5, 5.41) is 16.6. The van der Waals surface area contributed by atoms with E-state index in [0.29, 0.717) is 23.1 Å². The van der Waals surface area contributed by atoms with Crippen molar-refractivity contribution in [2.24, 2.45) is 0 Å². The lowest BCUT2D eigenvalue weighted by Crippen LogP contribution is -1.99. The van der Waals surface area contributed by atoms with Gasteiger partial charge in [0.2, 0.25) is 0 Å². The molecule has 0 saturated heterocycles. The van der Waals surface area contributed by atoms with Crippen molar-refractivity contribution >= 4 is 28.7 Å². The topological polar surface area (TPSA) is 86.7 Å². The van der Waals surface area contributed by atoms with E-state index in [0.717, 1.165) is 22.4 Å². The summed E-state index contributed by atoms with van der Waals surface area (Å²) in [6.07, 6.45) is 9.35. The quantitative estimate of drug-likeness (QED) is 0.256. The number of pyridine rings is 2. The van der Waals surface area contributed by atoms with Gasteiger partial charge >= 0.3 is 0 Å². The second-order valence-electron chi connectivity index (χ2n) is 7.52. The maximum atomic E-state index is 11.3. The first-order valence-electron chi connectivity index (χ1n) is 10.4. The van der Waals surface area contributed by atoms with Crippen LogP contribution in [-0.4, -0.2) is 24.7 Å². The van der Waals surface area contributed by atoms with Crippen LogP contribution in [0.4, 0.5) is 5.69 Å². The molecule has 0 unspecified atom stereocenters. The number of hydrogen-bond acceptors (Lipinski definition) is 5. The third-order valence-electron chi connectivity index (χ3n) is 5.29. The van der Waals surface area contributed by atoms with Crippen LogP contribution in [0.15, 0.2) is 91.4 Å². The predicted molar refractivity (Wildman–Crippen MR) is 128 cm³/mol. The average Bonchev–Trinajstić information content (AvgIpc) is 3.25. The molecule has 0 aliphatic carbocycles. The molecule has 0 aliphatic heterocycles. The number of fused-ring (bicyclic) bond motifs is 1. The average molecular weight is 433 g/mol. The largest absolute Gasteiger partial charge is 0.278 e. The molecular formula is C26H19N5O2. The Labute approximate surface area is 189 Å². The number of aromatic nitrogens is 4. The van der Waals surface area contributed by atoms with Gasteiger partial charge in [-0.2, -0.15) is 5.10 Å². The van der Waals surface area contributed by atoms with Gasteiger partial charge in [-0.05, 0) is 42.0 Å². The van der Waals surface area contributed by atoms with E-state index < -0.39 is 0 Å². The third-order valence-corrected chi connectivity index (χ3v) is 5.29. The number of nitro groups is 1. The molecule has 160 valence electrons. The van der Waals surface area contributed by atoms with E-state index in [9.17, 15) is 10.1 Å². The fraction of sp³-hybridized carbons (Fsp3) is 0.0385. The van der Waals surface area contributed by atoms with Crippen LogP contribution in [0.5, 0.6) is 0 Å². The van der Waals surface area contributed by atoms with E-state index in [2.05, 4.69) is 22.1 Å². The number of non-ortho nitro benzene ring substituents is 1. The minimum Gasteiger partial charge on any atom is -0.267 e. The lowest BCUT2D eigenvalue weighted by molar-refractivity contribution is -0.383. The number of rotatable bonds is 6. The number of nitrogens with zero attached hydrogens (tertiary/aromatic N) is 5. The summed E-state index contributed by atoms with van der Waals surface area (Å²) in [6, 6.07) is 22.5. The Kier molecular flexibility index (Phi) is 5.43. The number of hydrogen-bond donors (Lipinski definition) is 0. The lowest BCUT2D eigenvalue weighted by Gasteiger charge is -2.01. The van der Waals surface area contributed by atoms with E-state index in [1.165, 1.54) is 6.07 Å². The van der Waals surface area contributed by atoms with Gasteiger partial charge < -0.3 is 0 Å². The Balaban J connectivity index is 1.51. The van der Waals surface area contributed by atoms with E-state index >= 15 is 0 Å². The smallest absolute Gasteiger partial charge is 0.267 e. The SMILES string of the molecule is O=[N+]([O-])c1cccc2nc(C=Cc3nn(Cc4ccccc4)cc3-c3cccnc3)ccc12. The molecule has 5 rings (SSSR count). The zero-order valence-corrected chi connectivity index (χ0v) is 17.6. The highest BCUT2D eigenvalue weighted by atomic mass is 16.6. The number of benzene rings is 2. The van der Waals surface area contributed by atoms with Crippen molar-refractivity contribution in [2.75, 3.05) is 0 Å². The van der Waals surface area contributed by atoms with Crippen molar-refractivity contribution in [3.8, 4) is 11.1 Å². The van der Waals surface area contributed by atoms with Gasteiger partial charge in [-0.15, -0.1) is 0 Å². The first-order chi connectivity index (χ1) is 16.2. The van der Waals surface area contributed by atoms with E-state index in [1.807, 2.05) is 59.6 Å². The van der Waals surface area contributed by atoms with Gasteiger partial charge in [0, 0.05) is 35.8 Å². The zero-order valence-electron chi connectivity index (χ0n) is 17.6. The van der Waals surface area contributed by atoms with Gasteiger partial charge in [-0.25, -0.2) is 4.98 Å². The summed E-state index contributed by atoms with van der Waals surface area (Å²) in [4.78, 5) is 19.7. The summed E-state index contributed by atoms with van der Waals surface area (Å²) in [5.74, 6) is 0. The minimum absolute atomic E-state index is 0.0500. The van der Waals surface area contributed by atoms with E-state index in [1.54, 1.807) is 30.5 Å². The van der Waals surface area contributed by atoms with Crippen LogP contribution in [0.25, 0.3) is 34.2 Å². The molecule has 3 heterocycles. The van der Waals surface area contributed by atoms with Crippen molar-refractivity contribution in [3.05, 3.63) is 118 Å². The normalized spacial score (nSPS) is 11.3. The molecular weight excluding hydrogens is 414 g/mol. The molecule has 3 aromatic heterocycles. The van der Waals surface area contributed by atoms with Gasteiger partial charge in [-0.3, -0.25) is 19.8 Å². The molecule has 0 atom stereocenters. The Bertz CT molecular complexity index is 1460. The first kappa shape index (κ1) is 20.3. The monoisotopic (exact) mass is 433 g/mol.